The number of thioether (sulfide) groups is 2. The molecule has 0 aliphatic carbocycles. The van der Waals surface area contributed by atoms with Crippen molar-refractivity contribution in [2.75, 3.05) is 23.7 Å². The average Bonchev–Trinajstić information content (AvgIpc) is 3.27. The lowest BCUT2D eigenvalue weighted by atomic mass is 10.2. The van der Waals surface area contributed by atoms with Gasteiger partial charge in [-0.05, 0) is 37.1 Å². The second-order valence-corrected chi connectivity index (χ2v) is 9.88. The minimum Gasteiger partial charge on any atom is -0.372 e. The minimum atomic E-state index is -0.172. The number of hydrogen-bond acceptors (Lipinski definition) is 8. The van der Waals surface area contributed by atoms with Crippen molar-refractivity contribution in [3.05, 3.63) is 65.7 Å². The highest BCUT2D eigenvalue weighted by Gasteiger charge is 2.08. The van der Waals surface area contributed by atoms with E-state index in [-0.39, 0.29) is 11.7 Å². The summed E-state index contributed by atoms with van der Waals surface area (Å²) >= 11 is 4.52. The van der Waals surface area contributed by atoms with Crippen LogP contribution in [0, 0.1) is 0 Å². The quantitative estimate of drug-likeness (QED) is 0.243. The van der Waals surface area contributed by atoms with Gasteiger partial charge >= 0.3 is 0 Å². The molecular formula is C22H25N5OS3. The zero-order valence-electron chi connectivity index (χ0n) is 17.5. The number of anilines is 1. The van der Waals surface area contributed by atoms with Gasteiger partial charge in [0.25, 0.3) is 5.91 Å². The molecule has 6 nitrogen and oxygen atoms in total. The second kappa shape index (κ2) is 12.5. The summed E-state index contributed by atoms with van der Waals surface area (Å²) < 4.78 is 1.68. The van der Waals surface area contributed by atoms with Gasteiger partial charge in [0.05, 0.1) is 12.0 Å². The van der Waals surface area contributed by atoms with Gasteiger partial charge in [0.15, 0.2) is 8.68 Å². The number of aromatic nitrogens is 2. The van der Waals surface area contributed by atoms with Crippen molar-refractivity contribution in [1.82, 2.24) is 15.6 Å². The first-order valence-corrected chi connectivity index (χ1v) is 12.8. The molecule has 0 fully saturated rings. The van der Waals surface area contributed by atoms with Crippen LogP contribution >= 0.6 is 34.9 Å². The van der Waals surface area contributed by atoms with Crippen LogP contribution in [0.2, 0.25) is 0 Å². The van der Waals surface area contributed by atoms with Crippen LogP contribution in [0.5, 0.6) is 0 Å². The normalized spacial score (nSPS) is 11.0. The molecule has 1 aromatic heterocycles. The zero-order valence-corrected chi connectivity index (χ0v) is 20.0. The lowest BCUT2D eigenvalue weighted by Gasteiger charge is -2.20. The van der Waals surface area contributed by atoms with E-state index in [1.807, 2.05) is 30.3 Å². The van der Waals surface area contributed by atoms with E-state index in [2.05, 4.69) is 63.7 Å². The van der Waals surface area contributed by atoms with Gasteiger partial charge in [-0.1, -0.05) is 77.3 Å². The Hall–Kier alpha value is -2.36. The fourth-order valence-electron chi connectivity index (χ4n) is 2.73. The van der Waals surface area contributed by atoms with Crippen molar-refractivity contribution in [3.8, 4) is 0 Å². The SMILES string of the molecule is CCN(CC)c1ccc(/C=N/NC(=O)CSc2nnc(SCc3ccccc3)s2)cc1. The van der Waals surface area contributed by atoms with Crippen LogP contribution in [-0.4, -0.2) is 41.2 Å². The highest BCUT2D eigenvalue weighted by molar-refractivity contribution is 8.03. The van der Waals surface area contributed by atoms with Crippen LogP contribution < -0.4 is 10.3 Å². The molecule has 9 heteroatoms. The van der Waals surface area contributed by atoms with E-state index in [0.29, 0.717) is 0 Å². The van der Waals surface area contributed by atoms with Crippen LogP contribution in [0.15, 0.2) is 68.4 Å². The number of nitrogens with one attached hydrogen (secondary N) is 1. The smallest absolute Gasteiger partial charge is 0.250 e. The molecule has 0 aliphatic rings. The molecule has 1 amide bonds. The maximum Gasteiger partial charge on any atom is 0.250 e. The predicted octanol–water partition coefficient (Wildman–Crippen LogP) is 4.92. The van der Waals surface area contributed by atoms with Crippen LogP contribution in [0.25, 0.3) is 0 Å². The van der Waals surface area contributed by atoms with Gasteiger partial charge in [-0.25, -0.2) is 5.43 Å². The molecule has 0 saturated heterocycles. The van der Waals surface area contributed by atoms with Crippen molar-refractivity contribution < 1.29 is 4.79 Å². The maximum atomic E-state index is 12.0. The van der Waals surface area contributed by atoms with Gasteiger partial charge < -0.3 is 4.90 Å². The topological polar surface area (TPSA) is 70.5 Å². The van der Waals surface area contributed by atoms with Crippen LogP contribution in [0.1, 0.15) is 25.0 Å². The highest BCUT2D eigenvalue weighted by Crippen LogP contribution is 2.30. The molecule has 162 valence electrons. The summed E-state index contributed by atoms with van der Waals surface area (Å²) in [6, 6.07) is 18.4. The Morgan fingerprint density at radius 1 is 1.03 bits per heavy atom. The number of rotatable bonds is 11. The Kier molecular flexibility index (Phi) is 9.39. The summed E-state index contributed by atoms with van der Waals surface area (Å²) in [4.78, 5) is 14.3. The molecule has 2 aromatic carbocycles. The maximum absolute atomic E-state index is 12.0. The third-order valence-corrected chi connectivity index (χ3v) is 7.61. The molecule has 0 aliphatic heterocycles. The van der Waals surface area contributed by atoms with Crippen molar-refractivity contribution in [2.24, 2.45) is 5.10 Å². The Morgan fingerprint density at radius 2 is 1.71 bits per heavy atom. The van der Waals surface area contributed by atoms with Gasteiger partial charge in [0.1, 0.15) is 0 Å². The number of hydrogen-bond donors (Lipinski definition) is 1. The molecule has 0 saturated carbocycles. The van der Waals surface area contributed by atoms with Gasteiger partial charge in [-0.3, -0.25) is 4.79 Å². The van der Waals surface area contributed by atoms with E-state index >= 15 is 0 Å². The van der Waals surface area contributed by atoms with Gasteiger partial charge in [0, 0.05) is 24.5 Å². The summed E-state index contributed by atoms with van der Waals surface area (Å²) in [7, 11) is 0. The van der Waals surface area contributed by atoms with E-state index in [0.717, 1.165) is 33.1 Å². The van der Waals surface area contributed by atoms with Crippen LogP contribution in [0.3, 0.4) is 0 Å². The summed E-state index contributed by atoms with van der Waals surface area (Å²) in [5.74, 6) is 0.927. The molecule has 1 N–H and O–H groups in total. The monoisotopic (exact) mass is 471 g/mol. The first kappa shape index (κ1) is 23.3. The van der Waals surface area contributed by atoms with Crippen molar-refractivity contribution >= 4 is 52.7 Å². The van der Waals surface area contributed by atoms with Gasteiger partial charge in [-0.2, -0.15) is 5.10 Å². The van der Waals surface area contributed by atoms with Crippen molar-refractivity contribution in [3.63, 3.8) is 0 Å². The summed E-state index contributed by atoms with van der Waals surface area (Å²) in [5, 5.41) is 12.4. The molecule has 0 radical (unpaired) electrons. The van der Waals surface area contributed by atoms with Crippen LogP contribution in [0.4, 0.5) is 5.69 Å². The molecule has 0 unspecified atom stereocenters. The third kappa shape index (κ3) is 7.68. The average molecular weight is 472 g/mol. The van der Waals surface area contributed by atoms with E-state index in [1.165, 1.54) is 34.3 Å². The predicted molar refractivity (Wildman–Crippen MR) is 132 cm³/mol. The molecular weight excluding hydrogens is 446 g/mol. The van der Waals surface area contributed by atoms with E-state index in [4.69, 9.17) is 0 Å². The Bertz CT molecular complexity index is 972. The lowest BCUT2D eigenvalue weighted by Crippen LogP contribution is -2.21. The zero-order chi connectivity index (χ0) is 21.9. The summed E-state index contributed by atoms with van der Waals surface area (Å²) in [6.45, 7) is 6.22. The number of carbonyl (C=O) groups excluding carboxylic acids is 1. The number of carbonyl (C=O) groups is 1. The van der Waals surface area contributed by atoms with Crippen molar-refractivity contribution in [2.45, 2.75) is 28.3 Å². The first-order valence-electron chi connectivity index (χ1n) is 9.98. The van der Waals surface area contributed by atoms with Crippen molar-refractivity contribution in [1.29, 1.82) is 0 Å². The first-order chi connectivity index (χ1) is 15.2. The minimum absolute atomic E-state index is 0.172. The lowest BCUT2D eigenvalue weighted by molar-refractivity contribution is -0.118. The summed E-state index contributed by atoms with van der Waals surface area (Å²) in [6.07, 6.45) is 1.65. The standard InChI is InChI=1S/C22H25N5OS3/c1-3-27(4-2)19-12-10-17(11-13-19)14-23-24-20(28)16-30-22-26-25-21(31-22)29-15-18-8-6-5-7-9-18/h5-14H,3-4,15-16H2,1-2H3,(H,24,28)/b23-14+. The fraction of sp³-hybridized carbons (Fsp3) is 0.273. The molecule has 31 heavy (non-hydrogen) atoms. The van der Waals surface area contributed by atoms with Crippen LogP contribution in [-0.2, 0) is 10.5 Å². The Morgan fingerprint density at radius 3 is 2.39 bits per heavy atom. The Labute approximate surface area is 195 Å². The number of amides is 1. The summed E-state index contributed by atoms with van der Waals surface area (Å²) in [5.41, 5.74) is 5.93. The number of nitrogens with zero attached hydrogens (tertiary/aromatic N) is 4. The second-order valence-electron chi connectivity index (χ2n) is 6.45. The van der Waals surface area contributed by atoms with E-state index < -0.39 is 0 Å². The Balaban J connectivity index is 1.39. The fourth-order valence-corrected chi connectivity index (χ4v) is 5.50. The van der Waals surface area contributed by atoms with E-state index in [9.17, 15) is 4.79 Å². The molecule has 1 heterocycles. The third-order valence-electron chi connectivity index (χ3n) is 4.34. The molecule has 3 rings (SSSR count). The molecule has 0 spiro atoms. The number of benzene rings is 2. The molecule has 3 aromatic rings. The largest absolute Gasteiger partial charge is 0.372 e. The van der Waals surface area contributed by atoms with Gasteiger partial charge in [0.2, 0.25) is 0 Å². The number of hydrazone groups is 1. The molecule has 0 bridgehead atoms. The van der Waals surface area contributed by atoms with Gasteiger partial charge in [-0.15, -0.1) is 10.2 Å². The van der Waals surface area contributed by atoms with E-state index in [1.54, 1.807) is 18.0 Å². The highest BCUT2D eigenvalue weighted by atomic mass is 32.2. The molecule has 0 atom stereocenters.